The maximum absolute atomic E-state index is 3.54. The van der Waals surface area contributed by atoms with Crippen LogP contribution in [0.3, 0.4) is 0 Å². The van der Waals surface area contributed by atoms with Crippen molar-refractivity contribution < 1.29 is 0 Å². The molecule has 0 amide bonds. The monoisotopic (exact) mass is 315 g/mol. The highest BCUT2D eigenvalue weighted by Gasteiger charge is 2.12. The van der Waals surface area contributed by atoms with Gasteiger partial charge in [0.2, 0.25) is 0 Å². The van der Waals surface area contributed by atoms with Gasteiger partial charge in [0.05, 0.1) is 0 Å². The fourth-order valence-electron chi connectivity index (χ4n) is 1.67. The van der Waals surface area contributed by atoms with Crippen molar-refractivity contribution in [2.45, 2.75) is 19.4 Å². The molecule has 2 heterocycles. The van der Waals surface area contributed by atoms with E-state index >= 15 is 0 Å². The van der Waals surface area contributed by atoms with Gasteiger partial charge < -0.3 is 5.32 Å². The highest BCUT2D eigenvalue weighted by molar-refractivity contribution is 9.10. The summed E-state index contributed by atoms with van der Waals surface area (Å²) >= 11 is 7.15. The van der Waals surface area contributed by atoms with Crippen molar-refractivity contribution in [2.75, 3.05) is 6.54 Å². The second-order valence-corrected chi connectivity index (χ2v) is 6.45. The maximum Gasteiger partial charge on any atom is 0.0463 e. The Balaban J connectivity index is 2.09. The highest BCUT2D eigenvalue weighted by atomic mass is 79.9. The topological polar surface area (TPSA) is 12.0 Å². The van der Waals surface area contributed by atoms with Crippen molar-refractivity contribution in [3.8, 4) is 0 Å². The second kappa shape index (κ2) is 5.96. The molecular formula is C12H14BrNS2. The van der Waals surface area contributed by atoms with Crippen LogP contribution in [0.25, 0.3) is 0 Å². The van der Waals surface area contributed by atoms with Crippen LogP contribution in [0.2, 0.25) is 0 Å². The summed E-state index contributed by atoms with van der Waals surface area (Å²) in [4.78, 5) is 2.84. The number of hydrogen-bond acceptors (Lipinski definition) is 3. The Morgan fingerprint density at radius 2 is 2.31 bits per heavy atom. The Morgan fingerprint density at radius 3 is 2.88 bits per heavy atom. The van der Waals surface area contributed by atoms with Crippen molar-refractivity contribution in [2.24, 2.45) is 0 Å². The lowest BCUT2D eigenvalue weighted by atomic mass is 10.1. The number of thiophene rings is 2. The number of rotatable bonds is 5. The Hall–Kier alpha value is -0.160. The van der Waals surface area contributed by atoms with Gasteiger partial charge in [-0.3, -0.25) is 0 Å². The third-order valence-electron chi connectivity index (χ3n) is 2.36. The molecule has 86 valence electrons. The van der Waals surface area contributed by atoms with Crippen LogP contribution in [0.15, 0.2) is 33.4 Å². The van der Waals surface area contributed by atoms with E-state index in [0.29, 0.717) is 6.04 Å². The van der Waals surface area contributed by atoms with Crippen LogP contribution in [0.5, 0.6) is 0 Å². The maximum atomic E-state index is 3.54. The van der Waals surface area contributed by atoms with E-state index in [-0.39, 0.29) is 0 Å². The van der Waals surface area contributed by atoms with Gasteiger partial charge in [0.1, 0.15) is 0 Å². The fourth-order valence-corrected chi connectivity index (χ4v) is 3.97. The van der Waals surface area contributed by atoms with Crippen LogP contribution in [0.4, 0.5) is 0 Å². The lowest BCUT2D eigenvalue weighted by Gasteiger charge is -2.15. The molecule has 2 aromatic heterocycles. The highest BCUT2D eigenvalue weighted by Crippen LogP contribution is 2.27. The molecule has 0 spiro atoms. The molecule has 0 aliphatic rings. The number of likely N-dealkylation sites (N-methyl/N-ethyl adjacent to an activating group) is 1. The Kier molecular flexibility index (Phi) is 4.58. The van der Waals surface area contributed by atoms with Crippen molar-refractivity contribution >= 4 is 38.6 Å². The summed E-state index contributed by atoms with van der Waals surface area (Å²) in [6.45, 7) is 3.17. The number of hydrogen-bond donors (Lipinski definition) is 1. The minimum Gasteiger partial charge on any atom is -0.309 e. The molecule has 1 N–H and O–H groups in total. The van der Waals surface area contributed by atoms with Crippen LogP contribution in [0, 0.1) is 0 Å². The van der Waals surface area contributed by atoms with Gasteiger partial charge in [-0.05, 0) is 40.0 Å². The average molecular weight is 316 g/mol. The Morgan fingerprint density at radius 1 is 1.44 bits per heavy atom. The molecule has 0 aromatic carbocycles. The minimum atomic E-state index is 0.454. The lowest BCUT2D eigenvalue weighted by molar-refractivity contribution is 0.562. The van der Waals surface area contributed by atoms with Gasteiger partial charge in [-0.2, -0.15) is 0 Å². The van der Waals surface area contributed by atoms with Gasteiger partial charge in [-0.1, -0.05) is 13.0 Å². The van der Waals surface area contributed by atoms with Crippen LogP contribution >= 0.6 is 38.6 Å². The molecule has 0 aliphatic carbocycles. The van der Waals surface area contributed by atoms with Gasteiger partial charge in [0.15, 0.2) is 0 Å². The summed E-state index contributed by atoms with van der Waals surface area (Å²) in [5, 5.41) is 7.83. The predicted molar refractivity (Wildman–Crippen MR) is 76.5 cm³/mol. The average Bonchev–Trinajstić information content (AvgIpc) is 2.88. The van der Waals surface area contributed by atoms with E-state index < -0.39 is 0 Å². The SMILES string of the molecule is CCNC(Cc1cc(Br)cs1)c1cccs1. The van der Waals surface area contributed by atoms with E-state index in [1.165, 1.54) is 14.2 Å². The zero-order valence-electron chi connectivity index (χ0n) is 9.07. The van der Waals surface area contributed by atoms with Crippen LogP contribution in [-0.4, -0.2) is 6.54 Å². The van der Waals surface area contributed by atoms with Crippen LogP contribution in [0.1, 0.15) is 22.7 Å². The molecule has 1 atom stereocenters. The molecule has 16 heavy (non-hydrogen) atoms. The quantitative estimate of drug-likeness (QED) is 0.858. The van der Waals surface area contributed by atoms with E-state index in [1.54, 1.807) is 0 Å². The third kappa shape index (κ3) is 3.17. The normalized spacial score (nSPS) is 12.9. The summed E-state index contributed by atoms with van der Waals surface area (Å²) < 4.78 is 1.19. The van der Waals surface area contributed by atoms with Gasteiger partial charge in [0.25, 0.3) is 0 Å². The zero-order chi connectivity index (χ0) is 11.4. The first-order chi connectivity index (χ1) is 7.79. The summed E-state index contributed by atoms with van der Waals surface area (Å²) in [5.74, 6) is 0. The van der Waals surface area contributed by atoms with E-state index in [4.69, 9.17) is 0 Å². The first kappa shape index (κ1) is 12.3. The molecule has 0 fully saturated rings. The molecule has 0 bridgehead atoms. The third-order valence-corrected chi connectivity index (χ3v) is 5.07. The molecule has 0 radical (unpaired) electrons. The molecule has 1 nitrogen and oxygen atoms in total. The number of halogens is 1. The molecule has 0 saturated heterocycles. The van der Waals surface area contributed by atoms with Crippen LogP contribution < -0.4 is 5.32 Å². The van der Waals surface area contributed by atoms with Crippen molar-refractivity contribution in [3.05, 3.63) is 43.2 Å². The summed E-state index contributed by atoms with van der Waals surface area (Å²) in [7, 11) is 0. The summed E-state index contributed by atoms with van der Waals surface area (Å²) in [6.07, 6.45) is 1.07. The molecule has 0 saturated carbocycles. The van der Waals surface area contributed by atoms with E-state index in [9.17, 15) is 0 Å². The molecule has 0 aliphatic heterocycles. The number of nitrogens with one attached hydrogen (secondary N) is 1. The second-order valence-electron chi connectivity index (χ2n) is 3.56. The van der Waals surface area contributed by atoms with E-state index in [0.717, 1.165) is 13.0 Å². The van der Waals surface area contributed by atoms with Gasteiger partial charge in [-0.25, -0.2) is 0 Å². The lowest BCUT2D eigenvalue weighted by Crippen LogP contribution is -2.21. The standard InChI is InChI=1S/C12H14BrNS2/c1-2-14-11(12-4-3-5-15-12)7-10-6-9(13)8-16-10/h3-6,8,11,14H,2,7H2,1H3. The molecule has 4 heteroatoms. The van der Waals surface area contributed by atoms with E-state index in [2.05, 4.69) is 57.1 Å². The summed E-state index contributed by atoms with van der Waals surface area (Å²) in [6, 6.07) is 6.99. The minimum absolute atomic E-state index is 0.454. The van der Waals surface area contributed by atoms with Crippen LogP contribution in [-0.2, 0) is 6.42 Å². The van der Waals surface area contributed by atoms with Gasteiger partial charge >= 0.3 is 0 Å². The Labute approximate surface area is 113 Å². The molecule has 2 aromatic rings. The molecule has 1 unspecified atom stereocenters. The first-order valence-corrected chi connectivity index (χ1v) is 7.84. The van der Waals surface area contributed by atoms with Crippen molar-refractivity contribution in [1.82, 2.24) is 5.32 Å². The fraction of sp³-hybridized carbons (Fsp3) is 0.333. The molecular weight excluding hydrogens is 302 g/mol. The van der Waals surface area contributed by atoms with Gasteiger partial charge in [-0.15, -0.1) is 22.7 Å². The van der Waals surface area contributed by atoms with Crippen molar-refractivity contribution in [1.29, 1.82) is 0 Å². The Bertz CT molecular complexity index is 422. The van der Waals surface area contributed by atoms with Crippen molar-refractivity contribution in [3.63, 3.8) is 0 Å². The summed E-state index contributed by atoms with van der Waals surface area (Å²) in [5.41, 5.74) is 0. The van der Waals surface area contributed by atoms with E-state index in [1.807, 2.05) is 22.7 Å². The molecule has 2 rings (SSSR count). The zero-order valence-corrected chi connectivity index (χ0v) is 12.3. The van der Waals surface area contributed by atoms with Gasteiger partial charge in [0, 0.05) is 32.1 Å². The first-order valence-electron chi connectivity index (χ1n) is 5.29. The smallest absolute Gasteiger partial charge is 0.0463 e. The predicted octanol–water partition coefficient (Wildman–Crippen LogP) is 4.47. The largest absolute Gasteiger partial charge is 0.309 e.